The van der Waals surface area contributed by atoms with Crippen molar-refractivity contribution in [3.05, 3.63) is 29.8 Å². The molecule has 1 aliphatic carbocycles. The molecule has 0 radical (unpaired) electrons. The standard InChI is InChI=1S/C13H16BrNO2/c1-9(14)13(17)15(11-5-6-11)8-10-3-2-4-12(16)7-10/h2-4,7,9,11,16H,5-6,8H2,1H3. The lowest BCUT2D eigenvalue weighted by atomic mass is 10.2. The van der Waals surface area contributed by atoms with Gasteiger partial charge in [0.05, 0.1) is 4.83 Å². The van der Waals surface area contributed by atoms with Crippen LogP contribution in [0.1, 0.15) is 25.3 Å². The molecule has 1 fully saturated rings. The van der Waals surface area contributed by atoms with Gasteiger partial charge in [0.15, 0.2) is 0 Å². The van der Waals surface area contributed by atoms with Gasteiger partial charge in [-0.1, -0.05) is 28.1 Å². The summed E-state index contributed by atoms with van der Waals surface area (Å²) in [5, 5.41) is 9.42. The van der Waals surface area contributed by atoms with Gasteiger partial charge in [-0.2, -0.15) is 0 Å². The average molecular weight is 298 g/mol. The van der Waals surface area contributed by atoms with E-state index in [1.54, 1.807) is 18.2 Å². The van der Waals surface area contributed by atoms with Crippen molar-refractivity contribution in [3.63, 3.8) is 0 Å². The molecule has 0 spiro atoms. The number of amides is 1. The van der Waals surface area contributed by atoms with Gasteiger partial charge >= 0.3 is 0 Å². The monoisotopic (exact) mass is 297 g/mol. The van der Waals surface area contributed by atoms with Gasteiger partial charge in [-0.15, -0.1) is 0 Å². The Hall–Kier alpha value is -1.03. The molecule has 0 heterocycles. The SMILES string of the molecule is CC(Br)C(=O)N(Cc1cccc(O)c1)C1CC1. The number of nitrogens with zero attached hydrogens (tertiary/aromatic N) is 1. The summed E-state index contributed by atoms with van der Waals surface area (Å²) in [4.78, 5) is 13.8. The Labute approximate surface area is 110 Å². The molecule has 2 rings (SSSR count). The van der Waals surface area contributed by atoms with E-state index in [9.17, 15) is 9.90 Å². The van der Waals surface area contributed by atoms with Crippen molar-refractivity contribution in [2.45, 2.75) is 37.2 Å². The summed E-state index contributed by atoms with van der Waals surface area (Å²) in [5.74, 6) is 0.369. The minimum absolute atomic E-state index is 0.121. The van der Waals surface area contributed by atoms with Crippen LogP contribution in [0.4, 0.5) is 0 Å². The summed E-state index contributed by atoms with van der Waals surface area (Å²) in [7, 11) is 0. The molecule has 3 nitrogen and oxygen atoms in total. The molecule has 1 unspecified atom stereocenters. The van der Waals surface area contributed by atoms with Crippen LogP contribution in [-0.2, 0) is 11.3 Å². The van der Waals surface area contributed by atoms with Crippen molar-refractivity contribution in [3.8, 4) is 5.75 Å². The molecule has 1 N–H and O–H groups in total. The molecule has 92 valence electrons. The summed E-state index contributed by atoms with van der Waals surface area (Å²) in [5.41, 5.74) is 0.971. The Morgan fingerprint density at radius 1 is 1.59 bits per heavy atom. The second kappa shape index (κ2) is 5.08. The van der Waals surface area contributed by atoms with Gasteiger partial charge in [0.2, 0.25) is 5.91 Å². The molecule has 1 amide bonds. The minimum Gasteiger partial charge on any atom is -0.508 e. The average Bonchev–Trinajstić information content (AvgIpc) is 3.09. The third-order valence-corrected chi connectivity index (χ3v) is 3.27. The summed E-state index contributed by atoms with van der Waals surface area (Å²) in [6.45, 7) is 2.42. The number of rotatable bonds is 4. The number of halogens is 1. The normalized spacial score (nSPS) is 16.6. The van der Waals surface area contributed by atoms with Crippen LogP contribution in [-0.4, -0.2) is 26.8 Å². The highest BCUT2D eigenvalue weighted by atomic mass is 79.9. The van der Waals surface area contributed by atoms with Crippen molar-refractivity contribution >= 4 is 21.8 Å². The number of benzene rings is 1. The maximum absolute atomic E-state index is 12.0. The minimum atomic E-state index is -0.152. The Kier molecular flexibility index (Phi) is 3.72. The van der Waals surface area contributed by atoms with Crippen molar-refractivity contribution in [2.24, 2.45) is 0 Å². The number of hydrogen-bond acceptors (Lipinski definition) is 2. The zero-order chi connectivity index (χ0) is 12.4. The number of carbonyl (C=O) groups excluding carboxylic acids is 1. The molecule has 17 heavy (non-hydrogen) atoms. The largest absolute Gasteiger partial charge is 0.508 e. The van der Waals surface area contributed by atoms with Gasteiger partial charge in [-0.25, -0.2) is 0 Å². The van der Waals surface area contributed by atoms with Gasteiger partial charge in [0.25, 0.3) is 0 Å². The summed E-state index contributed by atoms with van der Waals surface area (Å²) in [6.07, 6.45) is 2.18. The first-order chi connectivity index (χ1) is 8.08. The van der Waals surface area contributed by atoms with E-state index < -0.39 is 0 Å². The maximum Gasteiger partial charge on any atom is 0.236 e. The summed E-state index contributed by atoms with van der Waals surface area (Å²) >= 11 is 3.32. The van der Waals surface area contributed by atoms with E-state index in [0.29, 0.717) is 12.6 Å². The number of phenolic OH excluding ortho intramolecular Hbond substituents is 1. The van der Waals surface area contributed by atoms with E-state index in [0.717, 1.165) is 18.4 Å². The molecule has 0 bridgehead atoms. The van der Waals surface area contributed by atoms with Crippen LogP contribution in [0.2, 0.25) is 0 Å². The highest BCUT2D eigenvalue weighted by molar-refractivity contribution is 9.10. The maximum atomic E-state index is 12.0. The van der Waals surface area contributed by atoms with Gasteiger partial charge < -0.3 is 10.0 Å². The number of aromatic hydroxyl groups is 1. The lowest BCUT2D eigenvalue weighted by molar-refractivity contribution is -0.131. The zero-order valence-corrected chi connectivity index (χ0v) is 11.4. The predicted molar refractivity (Wildman–Crippen MR) is 70.1 cm³/mol. The third kappa shape index (κ3) is 3.22. The highest BCUT2D eigenvalue weighted by Gasteiger charge is 2.33. The molecule has 1 aromatic rings. The quantitative estimate of drug-likeness (QED) is 0.868. The molecule has 1 aromatic carbocycles. The third-order valence-electron chi connectivity index (χ3n) is 2.87. The Balaban J connectivity index is 2.10. The van der Waals surface area contributed by atoms with Crippen LogP contribution >= 0.6 is 15.9 Å². The first-order valence-corrected chi connectivity index (χ1v) is 6.72. The van der Waals surface area contributed by atoms with Crippen LogP contribution < -0.4 is 0 Å². The number of phenols is 1. The van der Waals surface area contributed by atoms with E-state index >= 15 is 0 Å². The molecular weight excluding hydrogens is 282 g/mol. The highest BCUT2D eigenvalue weighted by Crippen LogP contribution is 2.30. The van der Waals surface area contributed by atoms with Gasteiger partial charge in [-0.3, -0.25) is 4.79 Å². The zero-order valence-electron chi connectivity index (χ0n) is 9.77. The molecule has 1 aliphatic rings. The van der Waals surface area contributed by atoms with Gasteiger partial charge in [0, 0.05) is 12.6 Å². The fourth-order valence-electron chi connectivity index (χ4n) is 1.85. The van der Waals surface area contributed by atoms with Gasteiger partial charge in [0.1, 0.15) is 5.75 Å². The van der Waals surface area contributed by atoms with E-state index in [1.165, 1.54) is 0 Å². The van der Waals surface area contributed by atoms with Crippen molar-refractivity contribution in [2.75, 3.05) is 0 Å². The first kappa shape index (κ1) is 12.4. The van der Waals surface area contributed by atoms with Crippen LogP contribution in [0.3, 0.4) is 0 Å². The summed E-state index contributed by atoms with van der Waals surface area (Å²) < 4.78 is 0. The van der Waals surface area contributed by atoms with E-state index in [1.807, 2.05) is 17.9 Å². The molecule has 1 atom stereocenters. The number of carbonyl (C=O) groups is 1. The predicted octanol–water partition coefficient (Wildman–Crippen LogP) is 2.67. The van der Waals surface area contributed by atoms with Crippen LogP contribution in [0.25, 0.3) is 0 Å². The summed E-state index contributed by atoms with van der Waals surface area (Å²) in [6, 6.07) is 7.46. The van der Waals surface area contributed by atoms with Crippen LogP contribution in [0.15, 0.2) is 24.3 Å². The van der Waals surface area contributed by atoms with Crippen LogP contribution in [0, 0.1) is 0 Å². The van der Waals surface area contributed by atoms with Crippen molar-refractivity contribution in [1.29, 1.82) is 0 Å². The number of alkyl halides is 1. The molecule has 0 aliphatic heterocycles. The second-order valence-electron chi connectivity index (χ2n) is 4.48. The fourth-order valence-corrected chi connectivity index (χ4v) is 2.12. The fraction of sp³-hybridized carbons (Fsp3) is 0.462. The molecule has 0 saturated heterocycles. The van der Waals surface area contributed by atoms with Crippen LogP contribution in [0.5, 0.6) is 5.75 Å². The second-order valence-corrected chi connectivity index (χ2v) is 5.86. The molecule has 4 heteroatoms. The van der Waals surface area contributed by atoms with E-state index in [-0.39, 0.29) is 16.5 Å². The number of hydrogen-bond donors (Lipinski definition) is 1. The lowest BCUT2D eigenvalue weighted by Gasteiger charge is -2.24. The molecular formula is C13H16BrNO2. The molecule has 0 aromatic heterocycles. The Bertz CT molecular complexity index is 416. The Morgan fingerprint density at radius 2 is 2.29 bits per heavy atom. The lowest BCUT2D eigenvalue weighted by Crippen LogP contribution is -2.36. The smallest absolute Gasteiger partial charge is 0.236 e. The van der Waals surface area contributed by atoms with Crippen molar-refractivity contribution < 1.29 is 9.90 Å². The molecule has 1 saturated carbocycles. The topological polar surface area (TPSA) is 40.5 Å². The van der Waals surface area contributed by atoms with E-state index in [4.69, 9.17) is 0 Å². The van der Waals surface area contributed by atoms with Crippen molar-refractivity contribution in [1.82, 2.24) is 4.90 Å². The van der Waals surface area contributed by atoms with Gasteiger partial charge in [-0.05, 0) is 37.5 Å². The Morgan fingerprint density at radius 3 is 2.82 bits per heavy atom. The first-order valence-electron chi connectivity index (χ1n) is 5.80. The van der Waals surface area contributed by atoms with E-state index in [2.05, 4.69) is 15.9 Å².